The lowest BCUT2D eigenvalue weighted by atomic mass is 10.2. The van der Waals surface area contributed by atoms with Gasteiger partial charge in [0.2, 0.25) is 0 Å². The zero-order valence-electron chi connectivity index (χ0n) is 11.7. The van der Waals surface area contributed by atoms with E-state index < -0.39 is 0 Å². The molecule has 3 N–H and O–H groups in total. The summed E-state index contributed by atoms with van der Waals surface area (Å²) in [6.07, 6.45) is 0. The molecule has 21 heavy (non-hydrogen) atoms. The van der Waals surface area contributed by atoms with E-state index in [9.17, 15) is 0 Å². The summed E-state index contributed by atoms with van der Waals surface area (Å²) in [4.78, 5) is 0.792. The molecule has 0 aliphatic heterocycles. The third-order valence-corrected chi connectivity index (χ3v) is 4.41. The number of aryl methyl sites for hydroxylation is 1. The molecule has 0 saturated heterocycles. The molecular formula is C17H16N2OS. The van der Waals surface area contributed by atoms with Crippen molar-refractivity contribution in [2.24, 2.45) is 5.73 Å². The Morgan fingerprint density at radius 3 is 2.62 bits per heavy atom. The number of hydrogen-bond donors (Lipinski definition) is 2. The van der Waals surface area contributed by atoms with Crippen molar-refractivity contribution in [3.8, 4) is 5.75 Å². The van der Waals surface area contributed by atoms with Gasteiger partial charge in [0.1, 0.15) is 18.2 Å². The highest BCUT2D eigenvalue weighted by molar-refractivity contribution is 7.20. The molecule has 0 aliphatic rings. The summed E-state index contributed by atoms with van der Waals surface area (Å²) < 4.78 is 6.92. The molecular weight excluding hydrogens is 280 g/mol. The maximum Gasteiger partial charge on any atom is 0.133 e. The fraction of sp³-hybridized carbons (Fsp3) is 0.118. The Labute approximate surface area is 127 Å². The van der Waals surface area contributed by atoms with Crippen molar-refractivity contribution in [1.82, 2.24) is 0 Å². The first kappa shape index (κ1) is 13.6. The molecule has 2 aromatic carbocycles. The van der Waals surface area contributed by atoms with E-state index in [4.69, 9.17) is 15.9 Å². The number of hydrogen-bond acceptors (Lipinski definition) is 3. The maximum atomic E-state index is 7.49. The van der Waals surface area contributed by atoms with E-state index in [1.165, 1.54) is 16.9 Å². The normalized spacial score (nSPS) is 10.7. The number of ether oxygens (including phenoxy) is 1. The molecule has 0 aliphatic carbocycles. The lowest BCUT2D eigenvalue weighted by Gasteiger charge is -2.06. The smallest absolute Gasteiger partial charge is 0.133 e. The van der Waals surface area contributed by atoms with E-state index in [1.807, 2.05) is 24.3 Å². The number of nitrogen functional groups attached to an aromatic ring is 1. The van der Waals surface area contributed by atoms with Gasteiger partial charge in [0.05, 0.1) is 4.88 Å². The van der Waals surface area contributed by atoms with Crippen LogP contribution in [0.25, 0.3) is 10.1 Å². The van der Waals surface area contributed by atoms with Gasteiger partial charge in [-0.15, -0.1) is 11.3 Å². The van der Waals surface area contributed by atoms with Crippen molar-refractivity contribution < 1.29 is 4.74 Å². The minimum Gasteiger partial charge on any atom is -0.489 e. The molecule has 0 amide bonds. The fourth-order valence-electron chi connectivity index (χ4n) is 2.08. The summed E-state index contributed by atoms with van der Waals surface area (Å²) in [5.74, 6) is 0.943. The first-order valence-electron chi connectivity index (χ1n) is 6.68. The molecule has 3 nitrogen and oxygen atoms in total. The lowest BCUT2D eigenvalue weighted by Crippen LogP contribution is -2.08. The Balaban J connectivity index is 1.77. The van der Waals surface area contributed by atoms with Crippen LogP contribution in [0.3, 0.4) is 0 Å². The lowest BCUT2D eigenvalue weighted by molar-refractivity contribution is 0.306. The molecule has 0 radical (unpaired) electrons. The van der Waals surface area contributed by atoms with Gasteiger partial charge in [-0.3, -0.25) is 5.41 Å². The zero-order chi connectivity index (χ0) is 14.8. The first-order valence-corrected chi connectivity index (χ1v) is 7.50. The van der Waals surface area contributed by atoms with Gasteiger partial charge in [-0.2, -0.15) is 0 Å². The summed E-state index contributed by atoms with van der Waals surface area (Å²) in [5.41, 5.74) is 7.92. The van der Waals surface area contributed by atoms with Gasteiger partial charge in [0, 0.05) is 4.70 Å². The third-order valence-electron chi connectivity index (χ3n) is 3.28. The molecule has 0 bridgehead atoms. The van der Waals surface area contributed by atoms with Gasteiger partial charge in [-0.1, -0.05) is 29.8 Å². The molecule has 0 unspecified atom stereocenters. The summed E-state index contributed by atoms with van der Waals surface area (Å²) in [6, 6.07) is 16.2. The molecule has 3 aromatic rings. The molecule has 1 heterocycles. The van der Waals surface area contributed by atoms with E-state index >= 15 is 0 Å². The molecule has 0 atom stereocenters. The fourth-order valence-corrected chi connectivity index (χ4v) is 3.04. The van der Waals surface area contributed by atoms with E-state index in [0.29, 0.717) is 6.61 Å². The standard InChI is InChI=1S/C17H16N2OS/c1-11-2-4-12(5-3-11)10-20-14-7-6-13-8-16(17(18)19)21-15(13)9-14/h2-9H,10H2,1H3,(H3,18,19). The predicted molar refractivity (Wildman–Crippen MR) is 88.4 cm³/mol. The van der Waals surface area contributed by atoms with Crippen LogP contribution in [-0.2, 0) is 6.61 Å². The minimum atomic E-state index is 0.110. The molecule has 3 rings (SSSR count). The van der Waals surface area contributed by atoms with Gasteiger partial charge in [0.15, 0.2) is 0 Å². The van der Waals surface area contributed by atoms with Crippen LogP contribution in [0.15, 0.2) is 48.5 Å². The van der Waals surface area contributed by atoms with Crippen LogP contribution >= 0.6 is 11.3 Å². The van der Waals surface area contributed by atoms with Gasteiger partial charge in [0.25, 0.3) is 0 Å². The summed E-state index contributed by atoms with van der Waals surface area (Å²) in [6.45, 7) is 2.62. The number of nitrogens with one attached hydrogen (secondary N) is 1. The van der Waals surface area contributed by atoms with E-state index in [1.54, 1.807) is 0 Å². The van der Waals surface area contributed by atoms with E-state index in [2.05, 4.69) is 31.2 Å². The molecule has 0 fully saturated rings. The third kappa shape index (κ3) is 3.06. The van der Waals surface area contributed by atoms with Crippen molar-refractivity contribution in [1.29, 1.82) is 5.41 Å². The Hall–Kier alpha value is -2.33. The quantitative estimate of drug-likeness (QED) is 0.563. The first-order chi connectivity index (χ1) is 10.1. The van der Waals surface area contributed by atoms with Crippen molar-refractivity contribution in [3.05, 3.63) is 64.5 Å². The van der Waals surface area contributed by atoms with E-state index in [-0.39, 0.29) is 5.84 Å². The van der Waals surface area contributed by atoms with Crippen LogP contribution in [-0.4, -0.2) is 5.84 Å². The highest BCUT2D eigenvalue weighted by Gasteiger charge is 2.05. The highest BCUT2D eigenvalue weighted by Crippen LogP contribution is 2.29. The van der Waals surface area contributed by atoms with Crippen LogP contribution in [0.1, 0.15) is 16.0 Å². The average Bonchev–Trinajstić information content (AvgIpc) is 2.90. The Bertz CT molecular complexity index is 790. The predicted octanol–water partition coefficient (Wildman–Crippen LogP) is 4.07. The van der Waals surface area contributed by atoms with Crippen molar-refractivity contribution in [2.75, 3.05) is 0 Å². The summed E-state index contributed by atoms with van der Waals surface area (Å²) in [5, 5.41) is 8.58. The summed E-state index contributed by atoms with van der Waals surface area (Å²) in [7, 11) is 0. The van der Waals surface area contributed by atoms with Crippen molar-refractivity contribution >= 4 is 27.3 Å². The zero-order valence-corrected chi connectivity index (χ0v) is 12.5. The number of nitrogens with two attached hydrogens (primary N) is 1. The van der Waals surface area contributed by atoms with Crippen molar-refractivity contribution in [2.45, 2.75) is 13.5 Å². The maximum absolute atomic E-state index is 7.49. The van der Waals surface area contributed by atoms with Gasteiger partial charge >= 0.3 is 0 Å². The second-order valence-corrected chi connectivity index (χ2v) is 6.08. The Kier molecular flexibility index (Phi) is 3.62. The van der Waals surface area contributed by atoms with Crippen LogP contribution in [0.4, 0.5) is 0 Å². The largest absolute Gasteiger partial charge is 0.489 e. The van der Waals surface area contributed by atoms with Crippen LogP contribution < -0.4 is 10.5 Å². The summed E-state index contributed by atoms with van der Waals surface area (Å²) >= 11 is 1.51. The van der Waals surface area contributed by atoms with Crippen LogP contribution in [0.2, 0.25) is 0 Å². The van der Waals surface area contributed by atoms with E-state index in [0.717, 1.165) is 26.3 Å². The van der Waals surface area contributed by atoms with Crippen LogP contribution in [0, 0.1) is 12.3 Å². The average molecular weight is 296 g/mol. The SMILES string of the molecule is Cc1ccc(COc2ccc3cc(C(=N)N)sc3c2)cc1. The highest BCUT2D eigenvalue weighted by atomic mass is 32.1. The molecule has 4 heteroatoms. The van der Waals surface area contributed by atoms with Gasteiger partial charge < -0.3 is 10.5 Å². The number of thiophene rings is 1. The second kappa shape index (κ2) is 5.58. The molecule has 0 saturated carbocycles. The molecule has 0 spiro atoms. The molecule has 106 valence electrons. The van der Waals surface area contributed by atoms with Gasteiger partial charge in [-0.25, -0.2) is 0 Å². The number of amidine groups is 1. The van der Waals surface area contributed by atoms with Gasteiger partial charge in [-0.05, 0) is 42.1 Å². The topological polar surface area (TPSA) is 59.1 Å². The monoisotopic (exact) mass is 296 g/mol. The second-order valence-electron chi connectivity index (χ2n) is 5.00. The number of rotatable bonds is 4. The minimum absolute atomic E-state index is 0.110. The number of benzene rings is 2. The van der Waals surface area contributed by atoms with Crippen molar-refractivity contribution in [3.63, 3.8) is 0 Å². The molecule has 1 aromatic heterocycles. The number of fused-ring (bicyclic) bond motifs is 1. The Morgan fingerprint density at radius 1 is 1.14 bits per heavy atom. The Morgan fingerprint density at radius 2 is 1.90 bits per heavy atom. The van der Waals surface area contributed by atoms with Crippen LogP contribution in [0.5, 0.6) is 5.75 Å².